The van der Waals surface area contributed by atoms with Crippen molar-refractivity contribution in [3.05, 3.63) is 83.8 Å². The Morgan fingerprint density at radius 3 is 2.74 bits per heavy atom. The number of para-hydroxylation sites is 1. The average Bonchev–Trinajstić information content (AvgIpc) is 3.59. The normalized spacial score (nSPS) is 15.7. The average molecular weight is 474 g/mol. The van der Waals surface area contributed by atoms with E-state index in [4.69, 9.17) is 18.4 Å². The molecule has 0 N–H and O–H groups in total. The summed E-state index contributed by atoms with van der Waals surface area (Å²) in [4.78, 5) is 19.5. The van der Waals surface area contributed by atoms with Crippen LogP contribution >= 0.6 is 0 Å². The Labute approximate surface area is 203 Å². The number of hydrogen-bond acceptors (Lipinski definition) is 7. The van der Waals surface area contributed by atoms with Crippen LogP contribution in [-0.4, -0.2) is 48.3 Å². The second-order valence-corrected chi connectivity index (χ2v) is 8.55. The SMILES string of the molecule is COc1ccc(-c2cc(C(=O)N3CCC[C@H](c4ncc(Cc5ccccc5OC)o4)C3)on2)cc1. The van der Waals surface area contributed by atoms with E-state index in [-0.39, 0.29) is 17.6 Å². The molecule has 180 valence electrons. The molecule has 35 heavy (non-hydrogen) atoms. The van der Waals surface area contributed by atoms with Crippen molar-refractivity contribution < 1.29 is 23.2 Å². The lowest BCUT2D eigenvalue weighted by Crippen LogP contribution is -2.39. The van der Waals surface area contributed by atoms with E-state index in [0.717, 1.165) is 41.2 Å². The number of carbonyl (C=O) groups excluding carboxylic acids is 1. The highest BCUT2D eigenvalue weighted by Crippen LogP contribution is 2.30. The Morgan fingerprint density at radius 1 is 1.11 bits per heavy atom. The van der Waals surface area contributed by atoms with Crippen molar-refractivity contribution in [2.45, 2.75) is 25.2 Å². The van der Waals surface area contributed by atoms with Gasteiger partial charge in [0.25, 0.3) is 5.91 Å². The standard InChI is InChI=1S/C27H27N3O5/c1-32-21-11-9-18(10-12-21)23-15-25(35-29-23)27(31)30-13-5-7-20(17-30)26-28-16-22(34-26)14-19-6-3-4-8-24(19)33-2/h3-4,6,8-12,15-16,20H,5,7,13-14,17H2,1-2H3/t20-/m0/s1. The number of amides is 1. The first-order valence-electron chi connectivity index (χ1n) is 11.6. The molecule has 2 aromatic heterocycles. The van der Waals surface area contributed by atoms with Crippen molar-refractivity contribution in [1.82, 2.24) is 15.0 Å². The second kappa shape index (κ2) is 10.0. The highest BCUT2D eigenvalue weighted by Gasteiger charge is 2.30. The minimum Gasteiger partial charge on any atom is -0.497 e. The van der Waals surface area contributed by atoms with Gasteiger partial charge in [0.2, 0.25) is 5.76 Å². The lowest BCUT2D eigenvalue weighted by molar-refractivity contribution is 0.0656. The minimum atomic E-state index is -0.178. The molecule has 1 atom stereocenters. The van der Waals surface area contributed by atoms with E-state index in [1.54, 1.807) is 31.4 Å². The largest absolute Gasteiger partial charge is 0.497 e. The van der Waals surface area contributed by atoms with Crippen LogP contribution in [0.15, 0.2) is 69.7 Å². The summed E-state index contributed by atoms with van der Waals surface area (Å²) in [6.45, 7) is 1.18. The first-order chi connectivity index (χ1) is 17.1. The van der Waals surface area contributed by atoms with E-state index in [9.17, 15) is 4.79 Å². The molecule has 1 amide bonds. The van der Waals surface area contributed by atoms with Crippen molar-refractivity contribution in [3.63, 3.8) is 0 Å². The van der Waals surface area contributed by atoms with Crippen LogP contribution in [-0.2, 0) is 6.42 Å². The lowest BCUT2D eigenvalue weighted by Gasteiger charge is -2.30. The number of piperidine rings is 1. The van der Waals surface area contributed by atoms with E-state index >= 15 is 0 Å². The molecule has 0 aliphatic carbocycles. The molecule has 1 aliphatic heterocycles. The Balaban J connectivity index is 1.25. The molecule has 5 rings (SSSR count). The van der Waals surface area contributed by atoms with Crippen LogP contribution in [0.1, 0.15) is 46.5 Å². The van der Waals surface area contributed by atoms with E-state index in [0.29, 0.717) is 31.1 Å². The fourth-order valence-corrected chi connectivity index (χ4v) is 4.42. The zero-order valence-corrected chi connectivity index (χ0v) is 19.8. The van der Waals surface area contributed by atoms with Crippen LogP contribution in [0.3, 0.4) is 0 Å². The predicted octanol–water partition coefficient (Wildman–Crippen LogP) is 4.96. The van der Waals surface area contributed by atoms with Crippen molar-refractivity contribution in [3.8, 4) is 22.8 Å². The Hall–Kier alpha value is -4.07. The van der Waals surface area contributed by atoms with Gasteiger partial charge in [-0.15, -0.1) is 0 Å². The molecule has 2 aromatic carbocycles. The molecule has 0 radical (unpaired) electrons. The Bertz CT molecular complexity index is 1290. The van der Waals surface area contributed by atoms with Crippen LogP contribution in [0.5, 0.6) is 11.5 Å². The van der Waals surface area contributed by atoms with Gasteiger partial charge in [-0.3, -0.25) is 4.79 Å². The number of carbonyl (C=O) groups is 1. The molecule has 8 heteroatoms. The van der Waals surface area contributed by atoms with Crippen LogP contribution in [0.4, 0.5) is 0 Å². The summed E-state index contributed by atoms with van der Waals surface area (Å²) in [5, 5.41) is 4.09. The molecule has 1 fully saturated rings. The molecule has 1 aliphatic rings. The monoisotopic (exact) mass is 473 g/mol. The lowest BCUT2D eigenvalue weighted by atomic mass is 9.97. The maximum atomic E-state index is 13.1. The van der Waals surface area contributed by atoms with Crippen molar-refractivity contribution in [1.29, 1.82) is 0 Å². The number of rotatable bonds is 7. The maximum Gasteiger partial charge on any atom is 0.292 e. The number of nitrogens with zero attached hydrogens (tertiary/aromatic N) is 3. The molecule has 1 saturated heterocycles. The number of benzene rings is 2. The molecule has 0 unspecified atom stereocenters. The first kappa shape index (κ1) is 22.7. The van der Waals surface area contributed by atoms with Crippen LogP contribution in [0.25, 0.3) is 11.3 Å². The zero-order chi connectivity index (χ0) is 24.2. The molecule has 0 bridgehead atoms. The van der Waals surface area contributed by atoms with Crippen LogP contribution in [0, 0.1) is 0 Å². The Morgan fingerprint density at radius 2 is 1.94 bits per heavy atom. The fourth-order valence-electron chi connectivity index (χ4n) is 4.42. The maximum absolute atomic E-state index is 13.1. The third kappa shape index (κ3) is 4.91. The second-order valence-electron chi connectivity index (χ2n) is 8.55. The number of hydrogen-bond donors (Lipinski definition) is 0. The summed E-state index contributed by atoms with van der Waals surface area (Å²) in [7, 11) is 3.28. The Kier molecular flexibility index (Phi) is 6.52. The molecule has 8 nitrogen and oxygen atoms in total. The van der Waals surface area contributed by atoms with Crippen molar-refractivity contribution in [2.75, 3.05) is 27.3 Å². The van der Waals surface area contributed by atoms with Crippen LogP contribution < -0.4 is 9.47 Å². The van der Waals surface area contributed by atoms with Gasteiger partial charge in [-0.2, -0.15) is 0 Å². The van der Waals surface area contributed by atoms with Crippen molar-refractivity contribution >= 4 is 5.91 Å². The molecular formula is C27H27N3O5. The van der Waals surface area contributed by atoms with Gasteiger partial charge in [-0.1, -0.05) is 23.4 Å². The van der Waals surface area contributed by atoms with E-state index in [1.165, 1.54) is 0 Å². The number of likely N-dealkylation sites (tertiary alicyclic amines) is 1. The third-order valence-corrected chi connectivity index (χ3v) is 6.29. The van der Waals surface area contributed by atoms with Gasteiger partial charge in [0.1, 0.15) is 23.0 Å². The number of methoxy groups -OCH3 is 2. The van der Waals surface area contributed by atoms with E-state index in [2.05, 4.69) is 10.1 Å². The topological polar surface area (TPSA) is 90.8 Å². The summed E-state index contributed by atoms with van der Waals surface area (Å²) < 4.78 is 22.1. The first-order valence-corrected chi connectivity index (χ1v) is 11.6. The number of oxazole rings is 1. The summed E-state index contributed by atoms with van der Waals surface area (Å²) in [6, 6.07) is 17.0. The molecule has 4 aromatic rings. The molecule has 0 spiro atoms. The molecular weight excluding hydrogens is 446 g/mol. The minimum absolute atomic E-state index is 0.0306. The fraction of sp³-hybridized carbons (Fsp3) is 0.296. The van der Waals surface area contributed by atoms with Crippen LogP contribution in [0.2, 0.25) is 0 Å². The summed E-state index contributed by atoms with van der Waals surface area (Å²) in [5.74, 6) is 3.08. The van der Waals surface area contributed by atoms with Gasteiger partial charge in [-0.25, -0.2) is 4.98 Å². The number of aromatic nitrogens is 2. The molecule has 3 heterocycles. The van der Waals surface area contributed by atoms with Gasteiger partial charge in [0, 0.05) is 36.7 Å². The quantitative estimate of drug-likeness (QED) is 0.375. The smallest absolute Gasteiger partial charge is 0.292 e. The predicted molar refractivity (Wildman–Crippen MR) is 129 cm³/mol. The zero-order valence-electron chi connectivity index (χ0n) is 19.8. The highest BCUT2D eigenvalue weighted by atomic mass is 16.5. The highest BCUT2D eigenvalue weighted by molar-refractivity contribution is 5.92. The van der Waals surface area contributed by atoms with Gasteiger partial charge in [-0.05, 0) is 43.2 Å². The van der Waals surface area contributed by atoms with Gasteiger partial charge < -0.3 is 23.3 Å². The summed E-state index contributed by atoms with van der Waals surface area (Å²) >= 11 is 0. The van der Waals surface area contributed by atoms with E-state index in [1.807, 2.05) is 48.5 Å². The number of ether oxygens (including phenoxy) is 2. The molecule has 0 saturated carbocycles. The third-order valence-electron chi connectivity index (χ3n) is 6.29. The van der Waals surface area contributed by atoms with E-state index < -0.39 is 0 Å². The van der Waals surface area contributed by atoms with Gasteiger partial charge >= 0.3 is 0 Å². The van der Waals surface area contributed by atoms with Gasteiger partial charge in [0.15, 0.2) is 5.89 Å². The summed E-state index contributed by atoms with van der Waals surface area (Å²) in [5.41, 5.74) is 2.50. The summed E-state index contributed by atoms with van der Waals surface area (Å²) in [6.07, 6.45) is 4.13. The van der Waals surface area contributed by atoms with Gasteiger partial charge in [0.05, 0.1) is 26.3 Å². The van der Waals surface area contributed by atoms with Crippen molar-refractivity contribution in [2.24, 2.45) is 0 Å².